The van der Waals surface area contributed by atoms with E-state index in [9.17, 15) is 9.59 Å². The van der Waals surface area contributed by atoms with Crippen molar-refractivity contribution in [3.05, 3.63) is 102 Å². The molecule has 288 valence electrons. The zero-order valence-electron chi connectivity index (χ0n) is 34.2. The third-order valence-corrected chi connectivity index (χ3v) is 10.6. The highest BCUT2D eigenvalue weighted by atomic mass is 16.2. The van der Waals surface area contributed by atoms with Crippen LogP contribution in [0.3, 0.4) is 0 Å². The first kappa shape index (κ1) is 40.1. The fourth-order valence-corrected chi connectivity index (χ4v) is 7.18. The minimum atomic E-state index is 0.0389. The summed E-state index contributed by atoms with van der Waals surface area (Å²) in [5, 5.41) is 10.1. The Balaban J connectivity index is 1.68. The molecule has 0 atom stereocenters. The summed E-state index contributed by atoms with van der Waals surface area (Å²) in [6.45, 7) is 19.7. The summed E-state index contributed by atoms with van der Waals surface area (Å²) in [5.41, 5.74) is 12.5. The molecule has 1 aliphatic heterocycles. The molecule has 0 aliphatic carbocycles. The third-order valence-electron chi connectivity index (χ3n) is 10.6. The Morgan fingerprint density at radius 1 is 0.556 bits per heavy atom. The Labute approximate surface area is 320 Å². The molecule has 2 amide bonds. The molecular weight excluding hydrogens is 673 g/mol. The number of hydrogen-bond acceptors (Lipinski definition) is 2. The summed E-state index contributed by atoms with van der Waals surface area (Å²) in [4.78, 5) is 41.0. The molecule has 0 radical (unpaired) electrons. The quantitative estimate of drug-likeness (QED) is 0.0985. The van der Waals surface area contributed by atoms with Crippen LogP contribution in [0.4, 0.5) is 0 Å². The number of fused-ring (bicyclic) bond motifs is 8. The van der Waals surface area contributed by atoms with Gasteiger partial charge >= 0.3 is 0 Å². The van der Waals surface area contributed by atoms with Gasteiger partial charge in [-0.05, 0) is 98.2 Å². The average molecular weight is 735 g/mol. The zero-order valence-corrected chi connectivity index (χ0v) is 34.2. The fraction of sp³-hybridized carbons (Fsp3) is 0.409. The van der Waals surface area contributed by atoms with E-state index in [1.54, 1.807) is 0 Å². The van der Waals surface area contributed by atoms with Crippen LogP contribution >= 0.6 is 0 Å². The van der Waals surface area contributed by atoms with E-state index in [0.717, 1.165) is 111 Å². The lowest BCUT2D eigenvalue weighted by molar-refractivity contribution is -0.869. The van der Waals surface area contributed by atoms with Gasteiger partial charge in [0.25, 0.3) is 0 Å². The van der Waals surface area contributed by atoms with Crippen molar-refractivity contribution < 1.29 is 18.6 Å². The molecule has 10 nitrogen and oxygen atoms in total. The van der Waals surface area contributed by atoms with Gasteiger partial charge in [-0.15, -0.1) is 0 Å². The van der Waals surface area contributed by atoms with Crippen LogP contribution in [0.1, 0.15) is 80.1 Å². The molecule has 0 saturated heterocycles. The van der Waals surface area contributed by atoms with Crippen LogP contribution in [0.2, 0.25) is 0 Å². The van der Waals surface area contributed by atoms with Crippen molar-refractivity contribution >= 4 is 48.3 Å². The van der Waals surface area contributed by atoms with Crippen molar-refractivity contribution in [1.82, 2.24) is 30.6 Å². The van der Waals surface area contributed by atoms with E-state index in [1.165, 1.54) is 0 Å². The number of H-pyrrole nitrogens is 4. The first-order chi connectivity index (χ1) is 25.4. The molecule has 0 unspecified atom stereocenters. The largest absolute Gasteiger partial charge is 0.355 e. The second-order valence-corrected chi connectivity index (χ2v) is 16.8. The van der Waals surface area contributed by atoms with Crippen molar-refractivity contribution in [2.24, 2.45) is 0 Å². The van der Waals surface area contributed by atoms with Gasteiger partial charge in [-0.1, -0.05) is 25.3 Å². The van der Waals surface area contributed by atoms with E-state index < -0.39 is 0 Å². The van der Waals surface area contributed by atoms with Crippen LogP contribution in [0.5, 0.6) is 0 Å². The third kappa shape index (κ3) is 9.35. The summed E-state index contributed by atoms with van der Waals surface area (Å²) in [7, 11) is 12.7. The fourth-order valence-electron chi connectivity index (χ4n) is 7.18. The van der Waals surface area contributed by atoms with Crippen LogP contribution in [0.25, 0.3) is 36.5 Å². The number of nitrogens with one attached hydrogen (secondary N) is 6. The van der Waals surface area contributed by atoms with Crippen molar-refractivity contribution in [2.75, 3.05) is 68.5 Å². The summed E-state index contributed by atoms with van der Waals surface area (Å²) < 4.78 is 1.57. The van der Waals surface area contributed by atoms with Gasteiger partial charge < -0.3 is 39.5 Å². The maximum Gasteiger partial charge on any atom is 0.220 e. The number of likely N-dealkylation sites (N-methyl/N-ethyl adjacent to an activating group) is 2. The molecule has 10 heteroatoms. The summed E-state index contributed by atoms with van der Waals surface area (Å²) in [6.07, 6.45) is 14.3. The molecule has 4 aromatic heterocycles. The van der Waals surface area contributed by atoms with Crippen molar-refractivity contribution in [3.8, 4) is 0 Å². The Morgan fingerprint density at radius 2 is 1.02 bits per heavy atom. The molecule has 5 rings (SSSR count). The summed E-state index contributed by atoms with van der Waals surface area (Å²) in [5.74, 6) is 0.0787. The minimum Gasteiger partial charge on any atom is -0.355 e. The lowest BCUT2D eigenvalue weighted by Crippen LogP contribution is -2.41. The van der Waals surface area contributed by atoms with E-state index in [0.29, 0.717) is 38.8 Å². The zero-order chi connectivity index (χ0) is 39.5. The average Bonchev–Trinajstić information content (AvgIpc) is 3.74. The predicted octanol–water partition coefficient (Wildman–Crippen LogP) is 2.66. The molecule has 0 spiro atoms. The highest BCUT2D eigenvalue weighted by Crippen LogP contribution is 2.24. The standard InChI is InChI=1S/C44H60N8O2/c1-13-31-27(3)35-23-36-29(5)33(15-17-43(53)45-19-21-51(7,8)9)41(49-36)26-42-34(16-18-44(54)46-20-22-52(10,11)12)30(6)38(50-42)25-40-32(14-2)28(4)37(48-40)24-39(31)47-35/h13-14,23-26,47-50H,1-2,15-22H2,3-12H3/p+2. The Morgan fingerprint density at radius 3 is 1.59 bits per heavy atom. The monoisotopic (exact) mass is 734 g/mol. The van der Waals surface area contributed by atoms with Gasteiger partial charge in [0.15, 0.2) is 0 Å². The maximum absolute atomic E-state index is 13.1. The number of nitrogens with zero attached hydrogens (tertiary/aromatic N) is 2. The van der Waals surface area contributed by atoms with E-state index in [-0.39, 0.29) is 11.8 Å². The van der Waals surface area contributed by atoms with Crippen LogP contribution < -0.4 is 32.0 Å². The number of carbonyl (C=O) groups excluding carboxylic acids is 2. The SMILES string of the molecule is C=Cc1c2[nH]c(c1C)C=c1[nH]c(c(CCC(=O)NCC[N+](C)(C)C)c1C)=Cc1[nH]c(c(C)c1CCC(=O)NCC[N+](C)(C)C)C=c1[nH]c(c(C)c1C=C)=C2. The van der Waals surface area contributed by atoms with Crippen molar-refractivity contribution in [1.29, 1.82) is 0 Å². The van der Waals surface area contributed by atoms with Crippen molar-refractivity contribution in [3.63, 3.8) is 0 Å². The lowest BCUT2D eigenvalue weighted by Gasteiger charge is -2.23. The molecule has 1 aliphatic rings. The first-order valence-corrected chi connectivity index (χ1v) is 19.0. The summed E-state index contributed by atoms with van der Waals surface area (Å²) >= 11 is 0. The second-order valence-electron chi connectivity index (χ2n) is 16.8. The Hall–Kier alpha value is -5.06. The first-order valence-electron chi connectivity index (χ1n) is 19.0. The molecule has 4 aromatic rings. The smallest absolute Gasteiger partial charge is 0.220 e. The van der Waals surface area contributed by atoms with Gasteiger partial charge in [0, 0.05) is 68.1 Å². The van der Waals surface area contributed by atoms with Gasteiger partial charge in [0.1, 0.15) is 0 Å². The van der Waals surface area contributed by atoms with Gasteiger partial charge in [-0.3, -0.25) is 9.59 Å². The van der Waals surface area contributed by atoms with Gasteiger partial charge in [-0.2, -0.15) is 0 Å². The van der Waals surface area contributed by atoms with Crippen LogP contribution in [-0.4, -0.2) is 109 Å². The number of aromatic nitrogens is 4. The number of aromatic amines is 4. The van der Waals surface area contributed by atoms with Gasteiger partial charge in [-0.25, -0.2) is 0 Å². The topological polar surface area (TPSA) is 121 Å². The number of amides is 2. The highest BCUT2D eigenvalue weighted by molar-refractivity contribution is 5.77. The van der Waals surface area contributed by atoms with E-state index in [1.807, 2.05) is 12.2 Å². The number of quaternary nitrogens is 2. The van der Waals surface area contributed by atoms with Crippen molar-refractivity contribution in [2.45, 2.75) is 53.4 Å². The Bertz CT molecular complexity index is 2330. The molecule has 0 aromatic carbocycles. The highest BCUT2D eigenvalue weighted by Gasteiger charge is 2.18. The predicted molar refractivity (Wildman–Crippen MR) is 224 cm³/mol. The molecule has 0 fully saturated rings. The van der Waals surface area contributed by atoms with Gasteiger partial charge in [0.2, 0.25) is 11.8 Å². The second kappa shape index (κ2) is 16.1. The Kier molecular flexibility index (Phi) is 12.0. The number of carbonyl (C=O) groups is 2. The van der Waals surface area contributed by atoms with Crippen LogP contribution in [-0.2, 0) is 22.4 Å². The van der Waals surface area contributed by atoms with E-state index in [4.69, 9.17) is 0 Å². The normalized spacial score (nSPS) is 12.6. The molecule has 5 heterocycles. The van der Waals surface area contributed by atoms with E-state index >= 15 is 0 Å². The lowest BCUT2D eigenvalue weighted by atomic mass is 10.0. The van der Waals surface area contributed by atoms with Gasteiger partial charge in [0.05, 0.1) is 68.5 Å². The number of rotatable bonds is 14. The van der Waals surface area contributed by atoms with E-state index in [2.05, 4.69) is 138 Å². The van der Waals surface area contributed by atoms with Crippen LogP contribution in [0.15, 0.2) is 13.2 Å². The molecular formula is C44H62N8O2+2. The summed E-state index contributed by atoms with van der Waals surface area (Å²) in [6, 6.07) is 0. The number of hydrogen-bond donors (Lipinski definition) is 6. The molecule has 6 N–H and O–H groups in total. The molecule has 54 heavy (non-hydrogen) atoms. The molecule has 0 saturated carbocycles. The minimum absolute atomic E-state index is 0.0389. The maximum atomic E-state index is 13.1. The molecule has 8 bridgehead atoms. The van der Waals surface area contributed by atoms with Crippen LogP contribution in [0, 0.1) is 27.7 Å².